The van der Waals surface area contributed by atoms with Crippen LogP contribution >= 0.6 is 0 Å². The molecule has 0 aromatic heterocycles. The Kier molecular flexibility index (Phi) is 37.2. The van der Waals surface area contributed by atoms with E-state index in [1.807, 2.05) is 0 Å². The monoisotopic (exact) mass is 571 g/mol. The first-order valence-corrected chi connectivity index (χ1v) is 22.6. The molecule has 0 unspecified atom stereocenters. The van der Waals surface area contributed by atoms with Gasteiger partial charge in [0.1, 0.15) is 0 Å². The first-order chi connectivity index (χ1) is 18.4. The van der Waals surface area contributed by atoms with Crippen molar-refractivity contribution in [1.82, 2.24) is 0 Å². The zero-order valence-corrected chi connectivity index (χ0v) is 29.7. The standard InChI is InChI=1S/2C18H37.Zn/c2*1-3-5-7-9-11-13-15-17-18-16-14-12-10-8-6-4-2;/h2*1,3-18H2,2H3;. The molecule has 0 saturated heterocycles. The summed E-state index contributed by atoms with van der Waals surface area (Å²) in [5.74, 6) is 0. The molecule has 0 bridgehead atoms. The van der Waals surface area contributed by atoms with Gasteiger partial charge in [-0.15, -0.1) is 0 Å². The Morgan fingerprint density at radius 3 is 0.568 bits per heavy atom. The van der Waals surface area contributed by atoms with E-state index in [1.54, 1.807) is 35.7 Å². The molecule has 0 nitrogen and oxygen atoms in total. The fourth-order valence-electron chi connectivity index (χ4n) is 5.98. The second-order valence-electron chi connectivity index (χ2n) is 12.7. The Morgan fingerprint density at radius 2 is 0.378 bits per heavy atom. The smallest absolute Gasteiger partial charge is 0.0654 e. The molecule has 0 amide bonds. The molecule has 0 saturated carbocycles. The molecule has 0 aromatic rings. The quantitative estimate of drug-likeness (QED) is 0.0532. The van der Waals surface area contributed by atoms with Crippen molar-refractivity contribution < 1.29 is 17.1 Å². The van der Waals surface area contributed by atoms with E-state index in [4.69, 9.17) is 0 Å². The Balaban J connectivity index is 3.00. The van der Waals surface area contributed by atoms with Crippen molar-refractivity contribution in [2.75, 3.05) is 0 Å². The zero-order valence-electron chi connectivity index (χ0n) is 26.7. The van der Waals surface area contributed by atoms with E-state index < -0.39 is 0 Å². The fraction of sp³-hybridized carbons (Fsp3) is 1.00. The topological polar surface area (TPSA) is 0 Å². The molecular formula is C36H74Zn. The van der Waals surface area contributed by atoms with Crippen molar-refractivity contribution in [1.29, 1.82) is 0 Å². The van der Waals surface area contributed by atoms with Gasteiger partial charge in [0.2, 0.25) is 0 Å². The van der Waals surface area contributed by atoms with Crippen LogP contribution in [-0.4, -0.2) is 0 Å². The van der Waals surface area contributed by atoms with Crippen LogP contribution in [0.4, 0.5) is 0 Å². The Bertz CT molecular complexity index is 332. The van der Waals surface area contributed by atoms with E-state index in [1.165, 1.54) is 180 Å². The second kappa shape index (κ2) is 36.6. The van der Waals surface area contributed by atoms with Crippen molar-refractivity contribution in [2.24, 2.45) is 0 Å². The average molecular weight is 572 g/mol. The summed E-state index contributed by atoms with van der Waals surface area (Å²) in [6.45, 7) is 4.62. The summed E-state index contributed by atoms with van der Waals surface area (Å²) in [4.78, 5) is 0. The van der Waals surface area contributed by atoms with E-state index in [-0.39, 0.29) is 17.1 Å². The van der Waals surface area contributed by atoms with Crippen LogP contribution in [-0.2, 0) is 17.1 Å². The molecule has 0 aliphatic rings. The van der Waals surface area contributed by atoms with Crippen LogP contribution in [0, 0.1) is 0 Å². The van der Waals surface area contributed by atoms with E-state index in [0.29, 0.717) is 0 Å². The third-order valence-corrected chi connectivity index (χ3v) is 12.9. The van der Waals surface area contributed by atoms with E-state index >= 15 is 0 Å². The summed E-state index contributed by atoms with van der Waals surface area (Å²) in [6, 6.07) is 0. The minimum atomic E-state index is -0.143. The Morgan fingerprint density at radius 1 is 0.216 bits per heavy atom. The van der Waals surface area contributed by atoms with Crippen LogP contribution in [0.5, 0.6) is 0 Å². The first kappa shape index (κ1) is 37.6. The summed E-state index contributed by atoms with van der Waals surface area (Å²) in [7, 11) is 0. The van der Waals surface area contributed by atoms with E-state index in [0.717, 1.165) is 0 Å². The van der Waals surface area contributed by atoms with Crippen molar-refractivity contribution in [3.05, 3.63) is 0 Å². The number of hydrogen-bond acceptors (Lipinski definition) is 0. The van der Waals surface area contributed by atoms with Crippen molar-refractivity contribution in [3.8, 4) is 0 Å². The minimum Gasteiger partial charge on any atom is -0.0654 e. The molecule has 0 spiro atoms. The molecule has 220 valence electrons. The molecule has 0 aliphatic heterocycles. The van der Waals surface area contributed by atoms with Gasteiger partial charge in [-0.05, 0) is 0 Å². The number of unbranched alkanes of at least 4 members (excludes halogenated alkanes) is 30. The summed E-state index contributed by atoms with van der Waals surface area (Å²) >= 11 is -0.143. The summed E-state index contributed by atoms with van der Waals surface area (Å²) in [5.41, 5.74) is 0. The van der Waals surface area contributed by atoms with Gasteiger partial charge in [-0.2, -0.15) is 0 Å². The molecule has 1 heteroatoms. The Labute approximate surface area is 245 Å². The van der Waals surface area contributed by atoms with Crippen molar-refractivity contribution >= 4 is 0 Å². The van der Waals surface area contributed by atoms with Gasteiger partial charge in [0.15, 0.2) is 0 Å². The van der Waals surface area contributed by atoms with Crippen LogP contribution in [0.3, 0.4) is 0 Å². The molecule has 0 aliphatic carbocycles. The molecule has 0 fully saturated rings. The summed E-state index contributed by atoms with van der Waals surface area (Å²) in [6.07, 6.45) is 47.9. The van der Waals surface area contributed by atoms with Crippen LogP contribution in [0.15, 0.2) is 0 Å². The predicted molar refractivity (Wildman–Crippen MR) is 169 cm³/mol. The van der Waals surface area contributed by atoms with Crippen LogP contribution < -0.4 is 0 Å². The van der Waals surface area contributed by atoms with E-state index in [2.05, 4.69) is 13.8 Å². The molecule has 0 rings (SSSR count). The SMILES string of the molecule is CCCCCCCCCCCCCCCCC[CH2][Zn][CH2]CCCCCCCCCCCCCCCCC. The van der Waals surface area contributed by atoms with Crippen LogP contribution in [0.25, 0.3) is 0 Å². The normalized spacial score (nSPS) is 11.3. The second-order valence-corrected chi connectivity index (χ2v) is 17.1. The first-order valence-electron chi connectivity index (χ1n) is 18.4. The molecule has 0 atom stereocenters. The summed E-state index contributed by atoms with van der Waals surface area (Å²) < 4.78 is 0. The maximum absolute atomic E-state index is 2.31. The minimum absolute atomic E-state index is 0.143. The molecular weight excluding hydrogens is 498 g/mol. The molecule has 0 aromatic carbocycles. The molecule has 0 N–H and O–H groups in total. The van der Waals surface area contributed by atoms with E-state index in [9.17, 15) is 0 Å². The predicted octanol–water partition coefficient (Wildman–Crippen LogP) is 14.4. The van der Waals surface area contributed by atoms with Crippen molar-refractivity contribution in [2.45, 2.75) is 229 Å². The van der Waals surface area contributed by atoms with Gasteiger partial charge in [-0.3, -0.25) is 0 Å². The third kappa shape index (κ3) is 36.6. The fourth-order valence-corrected chi connectivity index (χ4v) is 9.69. The number of hydrogen-bond donors (Lipinski definition) is 0. The third-order valence-electron chi connectivity index (χ3n) is 8.71. The number of rotatable bonds is 34. The van der Waals surface area contributed by atoms with Gasteiger partial charge in [0.25, 0.3) is 0 Å². The van der Waals surface area contributed by atoms with Crippen molar-refractivity contribution in [3.63, 3.8) is 0 Å². The van der Waals surface area contributed by atoms with Crippen LogP contribution in [0.1, 0.15) is 219 Å². The van der Waals surface area contributed by atoms with Gasteiger partial charge in [0.05, 0.1) is 0 Å². The summed E-state index contributed by atoms with van der Waals surface area (Å²) in [5, 5.41) is 3.37. The molecule has 37 heavy (non-hydrogen) atoms. The zero-order chi connectivity index (χ0) is 26.7. The average Bonchev–Trinajstić information content (AvgIpc) is 2.91. The molecule has 0 radical (unpaired) electrons. The van der Waals surface area contributed by atoms with Gasteiger partial charge in [0, 0.05) is 0 Å². The van der Waals surface area contributed by atoms with Crippen LogP contribution in [0.2, 0.25) is 10.0 Å². The maximum atomic E-state index is 2.31. The van der Waals surface area contributed by atoms with Gasteiger partial charge in [-0.1, -0.05) is 78.1 Å². The Hall–Kier alpha value is 0.623. The van der Waals surface area contributed by atoms with Gasteiger partial charge in [-0.25, -0.2) is 0 Å². The molecule has 0 heterocycles. The van der Waals surface area contributed by atoms with Gasteiger partial charge >= 0.3 is 168 Å². The van der Waals surface area contributed by atoms with Gasteiger partial charge < -0.3 is 0 Å².